The third-order valence-corrected chi connectivity index (χ3v) is 6.30. The number of phenols is 6. The second kappa shape index (κ2) is 9.23. The second-order valence-electron chi connectivity index (χ2n) is 8.76. The summed E-state index contributed by atoms with van der Waals surface area (Å²) in [6, 6.07) is 16.6. The van der Waals surface area contributed by atoms with Crippen molar-refractivity contribution in [2.45, 2.75) is 12.0 Å². The number of rotatable bonds is 5. The van der Waals surface area contributed by atoms with Crippen LogP contribution in [0.5, 0.6) is 46.0 Å². The first-order valence-electron chi connectivity index (χ1n) is 11.4. The molecule has 0 aromatic heterocycles. The van der Waals surface area contributed by atoms with Crippen LogP contribution in [0.25, 0.3) is 12.2 Å². The van der Waals surface area contributed by atoms with Gasteiger partial charge in [-0.1, -0.05) is 24.3 Å². The van der Waals surface area contributed by atoms with Crippen LogP contribution in [0, 0.1) is 0 Å². The Hall–Kier alpha value is -4.98. The molecule has 2 atom stereocenters. The molecule has 0 bridgehead atoms. The fraction of sp³-hybridized carbons (Fsp3) is 0.103. The molecule has 8 heteroatoms. The van der Waals surface area contributed by atoms with Gasteiger partial charge in [0.15, 0.2) is 23.0 Å². The minimum absolute atomic E-state index is 0.0190. The van der Waals surface area contributed by atoms with Gasteiger partial charge in [-0.2, -0.15) is 0 Å². The van der Waals surface area contributed by atoms with Crippen molar-refractivity contribution in [2.75, 3.05) is 7.11 Å². The molecule has 0 aliphatic carbocycles. The van der Waals surface area contributed by atoms with Crippen LogP contribution in [0.4, 0.5) is 0 Å². The van der Waals surface area contributed by atoms with Gasteiger partial charge in [-0.05, 0) is 64.7 Å². The van der Waals surface area contributed by atoms with Crippen molar-refractivity contribution >= 4 is 12.2 Å². The van der Waals surface area contributed by atoms with E-state index in [4.69, 9.17) is 9.47 Å². The van der Waals surface area contributed by atoms with E-state index in [9.17, 15) is 30.6 Å². The Balaban J connectivity index is 1.66. The summed E-state index contributed by atoms with van der Waals surface area (Å²) >= 11 is 0. The van der Waals surface area contributed by atoms with Crippen molar-refractivity contribution in [1.29, 1.82) is 0 Å². The Kier molecular flexibility index (Phi) is 5.93. The molecule has 8 nitrogen and oxygen atoms in total. The van der Waals surface area contributed by atoms with Crippen LogP contribution in [0.15, 0.2) is 66.7 Å². The maximum atomic E-state index is 10.4. The summed E-state index contributed by atoms with van der Waals surface area (Å²) in [5, 5.41) is 60.9. The Morgan fingerprint density at radius 3 is 2.08 bits per heavy atom. The summed E-state index contributed by atoms with van der Waals surface area (Å²) < 4.78 is 11.3. The lowest BCUT2D eigenvalue weighted by molar-refractivity contribution is 0.221. The summed E-state index contributed by atoms with van der Waals surface area (Å²) in [6.07, 6.45) is 2.79. The van der Waals surface area contributed by atoms with Crippen LogP contribution in [0.1, 0.15) is 39.8 Å². The Bertz CT molecular complexity index is 1500. The van der Waals surface area contributed by atoms with Gasteiger partial charge in [0.1, 0.15) is 29.1 Å². The van der Waals surface area contributed by atoms with Crippen LogP contribution < -0.4 is 9.47 Å². The molecular weight excluding hydrogens is 476 g/mol. The molecule has 4 aromatic carbocycles. The van der Waals surface area contributed by atoms with Gasteiger partial charge < -0.3 is 40.1 Å². The SMILES string of the molecule is COc1ccc(/C=C/c2cc(O)cc3c2[C@@H](c2cc(O)cc(O)c2)[C@H](c2ccc(O)c(O)c2)O3)cc1O. The van der Waals surface area contributed by atoms with E-state index >= 15 is 0 Å². The maximum Gasteiger partial charge on any atom is 0.160 e. The summed E-state index contributed by atoms with van der Waals surface area (Å²) in [5.41, 5.74) is 3.03. The fourth-order valence-corrected chi connectivity index (χ4v) is 4.67. The van der Waals surface area contributed by atoms with Crippen molar-refractivity contribution < 1.29 is 40.1 Å². The molecule has 1 heterocycles. The monoisotopic (exact) mass is 500 g/mol. The van der Waals surface area contributed by atoms with Crippen LogP contribution in [0.2, 0.25) is 0 Å². The van der Waals surface area contributed by atoms with Crippen molar-refractivity contribution in [3.63, 3.8) is 0 Å². The number of hydrogen-bond acceptors (Lipinski definition) is 8. The molecule has 1 aliphatic rings. The van der Waals surface area contributed by atoms with E-state index in [1.165, 1.54) is 43.5 Å². The van der Waals surface area contributed by atoms with Gasteiger partial charge in [0, 0.05) is 17.7 Å². The highest BCUT2D eigenvalue weighted by Gasteiger charge is 2.39. The molecule has 0 fully saturated rings. The average molecular weight is 501 g/mol. The number of phenolic OH excluding ortho intramolecular Hbond substituents is 6. The molecule has 0 saturated carbocycles. The predicted molar refractivity (Wildman–Crippen MR) is 136 cm³/mol. The first kappa shape index (κ1) is 23.7. The standard InChI is InChI=1S/C29H24O8/c1-36-25-7-3-15(8-24(25)35)2-4-16-9-21(32)14-26-27(16)28(18-10-19(30)13-20(31)11-18)29(37-26)17-5-6-22(33)23(34)12-17/h2-14,28-35H,1H3/b4-2+/t28-,29+/m1/s1. The van der Waals surface area contributed by atoms with E-state index < -0.39 is 12.0 Å². The van der Waals surface area contributed by atoms with Gasteiger partial charge in [0.05, 0.1) is 13.0 Å². The van der Waals surface area contributed by atoms with Crippen LogP contribution >= 0.6 is 0 Å². The first-order valence-corrected chi connectivity index (χ1v) is 11.4. The summed E-state index contributed by atoms with van der Waals surface area (Å²) in [4.78, 5) is 0. The normalized spacial score (nSPS) is 16.5. The Morgan fingerprint density at radius 1 is 0.676 bits per heavy atom. The zero-order chi connectivity index (χ0) is 26.3. The highest BCUT2D eigenvalue weighted by molar-refractivity contribution is 5.76. The Labute approximate surface area is 212 Å². The third kappa shape index (κ3) is 4.52. The fourth-order valence-electron chi connectivity index (χ4n) is 4.67. The minimum Gasteiger partial charge on any atom is -0.508 e. The van der Waals surface area contributed by atoms with Gasteiger partial charge in [0.25, 0.3) is 0 Å². The molecule has 0 amide bonds. The third-order valence-electron chi connectivity index (χ3n) is 6.30. The van der Waals surface area contributed by atoms with E-state index in [0.717, 1.165) is 0 Å². The average Bonchev–Trinajstić information content (AvgIpc) is 3.23. The lowest BCUT2D eigenvalue weighted by Crippen LogP contribution is -2.12. The number of hydrogen-bond donors (Lipinski definition) is 6. The second-order valence-corrected chi connectivity index (χ2v) is 8.76. The number of methoxy groups -OCH3 is 1. The molecule has 0 unspecified atom stereocenters. The van der Waals surface area contributed by atoms with Gasteiger partial charge in [-0.15, -0.1) is 0 Å². The van der Waals surface area contributed by atoms with Crippen molar-refractivity contribution in [2.24, 2.45) is 0 Å². The largest absolute Gasteiger partial charge is 0.508 e. The number of ether oxygens (including phenoxy) is 2. The molecule has 6 N–H and O–H groups in total. The molecular formula is C29H24O8. The molecule has 0 saturated heterocycles. The van der Waals surface area contributed by atoms with E-state index in [1.54, 1.807) is 42.5 Å². The maximum absolute atomic E-state index is 10.4. The zero-order valence-electron chi connectivity index (χ0n) is 19.7. The summed E-state index contributed by atoms with van der Waals surface area (Å²) in [6.45, 7) is 0. The topological polar surface area (TPSA) is 140 Å². The van der Waals surface area contributed by atoms with Gasteiger partial charge in [0.2, 0.25) is 0 Å². The summed E-state index contributed by atoms with van der Waals surface area (Å²) in [7, 11) is 1.46. The van der Waals surface area contributed by atoms with Gasteiger partial charge in [-0.25, -0.2) is 0 Å². The van der Waals surface area contributed by atoms with Crippen molar-refractivity contribution in [1.82, 2.24) is 0 Å². The highest BCUT2D eigenvalue weighted by atomic mass is 16.5. The molecule has 0 spiro atoms. The molecule has 5 rings (SSSR count). The quantitative estimate of drug-likeness (QED) is 0.159. The van der Waals surface area contributed by atoms with E-state index in [2.05, 4.69) is 0 Å². The lowest BCUT2D eigenvalue weighted by atomic mass is 9.82. The highest BCUT2D eigenvalue weighted by Crippen LogP contribution is 2.53. The number of fused-ring (bicyclic) bond motifs is 1. The lowest BCUT2D eigenvalue weighted by Gasteiger charge is -2.21. The van der Waals surface area contributed by atoms with E-state index in [-0.39, 0.29) is 34.5 Å². The zero-order valence-corrected chi connectivity index (χ0v) is 19.7. The Morgan fingerprint density at radius 2 is 1.41 bits per heavy atom. The van der Waals surface area contributed by atoms with Crippen molar-refractivity contribution in [3.8, 4) is 46.0 Å². The van der Waals surface area contributed by atoms with Crippen LogP contribution in [0.3, 0.4) is 0 Å². The van der Waals surface area contributed by atoms with Gasteiger partial charge >= 0.3 is 0 Å². The van der Waals surface area contributed by atoms with E-state index in [0.29, 0.717) is 39.3 Å². The molecule has 4 aromatic rings. The minimum atomic E-state index is -0.721. The van der Waals surface area contributed by atoms with Gasteiger partial charge in [-0.3, -0.25) is 0 Å². The number of aromatic hydroxyl groups is 6. The molecule has 188 valence electrons. The van der Waals surface area contributed by atoms with Crippen LogP contribution in [-0.2, 0) is 0 Å². The predicted octanol–water partition coefficient (Wildman–Crippen LogP) is 5.36. The molecule has 37 heavy (non-hydrogen) atoms. The molecule has 0 radical (unpaired) electrons. The number of benzene rings is 4. The van der Waals surface area contributed by atoms with E-state index in [1.807, 2.05) is 0 Å². The van der Waals surface area contributed by atoms with Crippen molar-refractivity contribution in [3.05, 3.63) is 94.5 Å². The van der Waals surface area contributed by atoms with Crippen LogP contribution in [-0.4, -0.2) is 37.7 Å². The summed E-state index contributed by atoms with van der Waals surface area (Å²) in [5.74, 6) is -0.791. The smallest absolute Gasteiger partial charge is 0.160 e. The first-order chi connectivity index (χ1) is 17.7. The molecule has 1 aliphatic heterocycles.